The highest BCUT2D eigenvalue weighted by atomic mass is 16.5. The number of aryl methyl sites for hydroxylation is 1. The molecule has 0 aliphatic heterocycles. The van der Waals surface area contributed by atoms with Gasteiger partial charge in [-0.3, -0.25) is 9.59 Å². The van der Waals surface area contributed by atoms with Crippen molar-refractivity contribution in [3.63, 3.8) is 0 Å². The van der Waals surface area contributed by atoms with Crippen LogP contribution >= 0.6 is 0 Å². The Kier molecular flexibility index (Phi) is 7.11. The van der Waals surface area contributed by atoms with Crippen molar-refractivity contribution in [3.8, 4) is 17.2 Å². The van der Waals surface area contributed by atoms with Gasteiger partial charge in [0, 0.05) is 11.6 Å². The third-order valence-electron chi connectivity index (χ3n) is 5.34. The summed E-state index contributed by atoms with van der Waals surface area (Å²) >= 11 is 0. The highest BCUT2D eigenvalue weighted by Crippen LogP contribution is 2.29. The lowest BCUT2D eigenvalue weighted by atomic mass is 10.1. The Balaban J connectivity index is 1.46. The molecular weight excluding hydrogens is 444 g/mol. The van der Waals surface area contributed by atoms with Crippen molar-refractivity contribution in [1.29, 1.82) is 0 Å². The van der Waals surface area contributed by atoms with Gasteiger partial charge in [-0.05, 0) is 42.8 Å². The largest absolute Gasteiger partial charge is 0.497 e. The van der Waals surface area contributed by atoms with Crippen molar-refractivity contribution in [2.45, 2.75) is 13.3 Å². The number of amides is 2. The van der Waals surface area contributed by atoms with Gasteiger partial charge in [0.1, 0.15) is 11.5 Å². The van der Waals surface area contributed by atoms with E-state index in [4.69, 9.17) is 9.47 Å². The lowest BCUT2D eigenvalue weighted by Gasteiger charge is -2.12. The lowest BCUT2D eigenvalue weighted by Crippen LogP contribution is -2.14. The van der Waals surface area contributed by atoms with Crippen molar-refractivity contribution < 1.29 is 19.1 Å². The molecule has 0 radical (unpaired) electrons. The first-order valence-corrected chi connectivity index (χ1v) is 11.0. The van der Waals surface area contributed by atoms with Crippen molar-refractivity contribution >= 4 is 23.2 Å². The maximum atomic E-state index is 12.9. The number of aromatic nitrogens is 2. The topological polar surface area (TPSA) is 94.5 Å². The minimum absolute atomic E-state index is 0.129. The number of carbonyl (C=O) groups is 2. The number of nitrogens with zero attached hydrogens (tertiary/aromatic N) is 2. The molecule has 0 aliphatic carbocycles. The van der Waals surface area contributed by atoms with Crippen molar-refractivity contribution in [3.05, 3.63) is 95.8 Å². The SMILES string of the molecule is COc1ccc(OC)c(NC(=O)c2cccc(-n3cc(NC(=O)Cc4cccc(C)c4)cn3)c2)c1. The van der Waals surface area contributed by atoms with E-state index in [9.17, 15) is 9.59 Å². The number of rotatable bonds is 8. The molecule has 0 fully saturated rings. The second-order valence-corrected chi connectivity index (χ2v) is 7.96. The minimum atomic E-state index is -0.308. The van der Waals surface area contributed by atoms with E-state index in [1.807, 2.05) is 37.3 Å². The maximum Gasteiger partial charge on any atom is 0.255 e. The number of anilines is 2. The van der Waals surface area contributed by atoms with E-state index in [0.29, 0.717) is 34.1 Å². The highest BCUT2D eigenvalue weighted by Gasteiger charge is 2.13. The molecule has 8 heteroatoms. The van der Waals surface area contributed by atoms with Crippen LogP contribution in [-0.4, -0.2) is 35.8 Å². The van der Waals surface area contributed by atoms with Crippen LogP contribution in [0.2, 0.25) is 0 Å². The van der Waals surface area contributed by atoms with Gasteiger partial charge in [-0.2, -0.15) is 5.10 Å². The fourth-order valence-electron chi connectivity index (χ4n) is 3.64. The Bertz CT molecular complexity index is 1360. The summed E-state index contributed by atoms with van der Waals surface area (Å²) < 4.78 is 12.2. The average molecular weight is 471 g/mol. The van der Waals surface area contributed by atoms with Crippen LogP contribution in [0.25, 0.3) is 5.69 Å². The second kappa shape index (κ2) is 10.6. The standard InChI is InChI=1S/C27H26N4O4/c1-18-6-4-7-19(12-18)13-26(32)29-21-16-28-31(17-21)22-9-5-8-20(14-22)27(33)30-24-15-23(34-2)10-11-25(24)35-3/h4-12,14-17H,13H2,1-3H3,(H,29,32)(H,30,33). The van der Waals surface area contributed by atoms with Crippen molar-refractivity contribution in [2.24, 2.45) is 0 Å². The van der Waals surface area contributed by atoms with Crippen LogP contribution in [0.15, 0.2) is 79.1 Å². The fourth-order valence-corrected chi connectivity index (χ4v) is 3.64. The van der Waals surface area contributed by atoms with Gasteiger partial charge in [0.05, 0.1) is 50.1 Å². The van der Waals surface area contributed by atoms with E-state index in [1.54, 1.807) is 60.6 Å². The Labute approximate surface area is 203 Å². The molecule has 3 aromatic carbocycles. The molecule has 0 atom stereocenters. The lowest BCUT2D eigenvalue weighted by molar-refractivity contribution is -0.115. The average Bonchev–Trinajstić information content (AvgIpc) is 3.32. The van der Waals surface area contributed by atoms with Gasteiger partial charge in [0.2, 0.25) is 5.91 Å². The van der Waals surface area contributed by atoms with Crippen LogP contribution < -0.4 is 20.1 Å². The molecule has 0 saturated heterocycles. The van der Waals surface area contributed by atoms with E-state index in [-0.39, 0.29) is 18.2 Å². The first-order valence-electron chi connectivity index (χ1n) is 11.0. The van der Waals surface area contributed by atoms with Crippen LogP contribution in [0.3, 0.4) is 0 Å². The summed E-state index contributed by atoms with van der Waals surface area (Å²) in [5, 5.41) is 10.1. The maximum absolute atomic E-state index is 12.9. The molecule has 4 aromatic rings. The number of methoxy groups -OCH3 is 2. The molecule has 178 valence electrons. The van der Waals surface area contributed by atoms with Gasteiger partial charge >= 0.3 is 0 Å². The zero-order valence-corrected chi connectivity index (χ0v) is 19.7. The predicted molar refractivity (Wildman–Crippen MR) is 135 cm³/mol. The third-order valence-corrected chi connectivity index (χ3v) is 5.34. The van der Waals surface area contributed by atoms with Crippen LogP contribution in [0.1, 0.15) is 21.5 Å². The molecule has 4 rings (SSSR count). The normalized spacial score (nSPS) is 10.5. The van der Waals surface area contributed by atoms with E-state index in [0.717, 1.165) is 11.1 Å². The summed E-state index contributed by atoms with van der Waals surface area (Å²) in [5.74, 6) is 0.685. The number of ether oxygens (including phenoxy) is 2. The zero-order chi connectivity index (χ0) is 24.8. The van der Waals surface area contributed by atoms with Gasteiger partial charge in [0.15, 0.2) is 0 Å². The van der Waals surface area contributed by atoms with Gasteiger partial charge in [-0.25, -0.2) is 4.68 Å². The van der Waals surface area contributed by atoms with E-state index in [2.05, 4.69) is 15.7 Å². The molecule has 8 nitrogen and oxygen atoms in total. The summed E-state index contributed by atoms with van der Waals surface area (Å²) in [7, 11) is 3.09. The first kappa shape index (κ1) is 23.6. The van der Waals surface area contributed by atoms with Crippen LogP contribution in [0.4, 0.5) is 11.4 Å². The molecular formula is C27H26N4O4. The highest BCUT2D eigenvalue weighted by molar-refractivity contribution is 6.05. The number of nitrogens with one attached hydrogen (secondary N) is 2. The molecule has 2 N–H and O–H groups in total. The molecule has 0 bridgehead atoms. The Hall–Kier alpha value is -4.59. The van der Waals surface area contributed by atoms with Crippen LogP contribution in [0.5, 0.6) is 11.5 Å². The monoisotopic (exact) mass is 470 g/mol. The van der Waals surface area contributed by atoms with Gasteiger partial charge < -0.3 is 20.1 Å². The molecule has 0 aliphatic rings. The number of carbonyl (C=O) groups excluding carboxylic acids is 2. The second-order valence-electron chi connectivity index (χ2n) is 7.96. The molecule has 0 saturated carbocycles. The summed E-state index contributed by atoms with van der Waals surface area (Å²) in [4.78, 5) is 25.4. The first-order chi connectivity index (χ1) is 16.9. The predicted octanol–water partition coefficient (Wildman–Crippen LogP) is 4.63. The van der Waals surface area contributed by atoms with E-state index in [1.165, 1.54) is 7.11 Å². The van der Waals surface area contributed by atoms with Crippen molar-refractivity contribution in [1.82, 2.24) is 9.78 Å². The van der Waals surface area contributed by atoms with Gasteiger partial charge in [0.25, 0.3) is 5.91 Å². The summed E-state index contributed by atoms with van der Waals surface area (Å²) in [6.07, 6.45) is 3.55. The number of hydrogen-bond donors (Lipinski definition) is 2. The fraction of sp³-hybridized carbons (Fsp3) is 0.148. The van der Waals surface area contributed by atoms with E-state index < -0.39 is 0 Å². The molecule has 35 heavy (non-hydrogen) atoms. The van der Waals surface area contributed by atoms with E-state index >= 15 is 0 Å². The van der Waals surface area contributed by atoms with Gasteiger partial charge in [-0.1, -0.05) is 35.9 Å². The number of benzene rings is 3. The van der Waals surface area contributed by atoms with Crippen molar-refractivity contribution in [2.75, 3.05) is 24.9 Å². The van der Waals surface area contributed by atoms with Gasteiger partial charge in [-0.15, -0.1) is 0 Å². The molecule has 2 amide bonds. The zero-order valence-electron chi connectivity index (χ0n) is 19.7. The third kappa shape index (κ3) is 5.86. The Morgan fingerprint density at radius 3 is 2.54 bits per heavy atom. The quantitative estimate of drug-likeness (QED) is 0.392. The number of hydrogen-bond acceptors (Lipinski definition) is 5. The van der Waals surface area contributed by atoms with Crippen LogP contribution in [0, 0.1) is 6.92 Å². The smallest absolute Gasteiger partial charge is 0.255 e. The minimum Gasteiger partial charge on any atom is -0.497 e. The molecule has 1 heterocycles. The molecule has 1 aromatic heterocycles. The summed E-state index contributed by atoms with van der Waals surface area (Å²) in [6.45, 7) is 1.99. The summed E-state index contributed by atoms with van der Waals surface area (Å²) in [5.41, 5.74) is 4.24. The molecule has 0 spiro atoms. The summed E-state index contributed by atoms with van der Waals surface area (Å²) in [6, 6.07) is 20.0. The Morgan fingerprint density at radius 1 is 0.943 bits per heavy atom. The Morgan fingerprint density at radius 2 is 1.77 bits per heavy atom. The van der Waals surface area contributed by atoms with Crippen LogP contribution in [-0.2, 0) is 11.2 Å². The molecule has 0 unspecified atom stereocenters.